The third-order valence-corrected chi connectivity index (χ3v) is 5.74. The highest BCUT2D eigenvalue weighted by molar-refractivity contribution is 6.02. The summed E-state index contributed by atoms with van der Waals surface area (Å²) in [4.78, 5) is 40.0. The summed E-state index contributed by atoms with van der Waals surface area (Å²) in [6.45, 7) is 4.63. The van der Waals surface area contributed by atoms with Gasteiger partial charge in [0.2, 0.25) is 5.91 Å². The first-order valence-electron chi connectivity index (χ1n) is 9.66. The van der Waals surface area contributed by atoms with E-state index in [2.05, 4.69) is 23.9 Å². The van der Waals surface area contributed by atoms with Crippen molar-refractivity contribution in [3.05, 3.63) is 35.4 Å². The molecule has 2 amide bonds. The fourth-order valence-corrected chi connectivity index (χ4v) is 4.63. The van der Waals surface area contributed by atoms with Crippen LogP contribution < -0.4 is 5.32 Å². The van der Waals surface area contributed by atoms with Crippen LogP contribution in [0.25, 0.3) is 0 Å². The Bertz CT molecular complexity index is 737. The van der Waals surface area contributed by atoms with Gasteiger partial charge in [0, 0.05) is 12.1 Å². The monoisotopic (exact) mass is 372 g/mol. The van der Waals surface area contributed by atoms with Crippen LogP contribution in [0.5, 0.6) is 0 Å². The Morgan fingerprint density at radius 3 is 2.56 bits per heavy atom. The molecule has 0 aromatic heterocycles. The van der Waals surface area contributed by atoms with Gasteiger partial charge in [0.05, 0.1) is 18.6 Å². The second kappa shape index (κ2) is 7.71. The van der Waals surface area contributed by atoms with E-state index in [0.717, 1.165) is 31.2 Å². The Morgan fingerprint density at radius 2 is 1.93 bits per heavy atom. The van der Waals surface area contributed by atoms with Crippen LogP contribution in [0.15, 0.2) is 24.3 Å². The molecule has 1 fully saturated rings. The summed E-state index contributed by atoms with van der Waals surface area (Å²) in [5, 5.41) is 2.73. The highest BCUT2D eigenvalue weighted by Crippen LogP contribution is 2.50. The summed E-state index contributed by atoms with van der Waals surface area (Å²) in [5.74, 6) is -0.856. The number of nitrogens with zero attached hydrogens (tertiary/aromatic N) is 1. The van der Waals surface area contributed by atoms with Gasteiger partial charge in [-0.15, -0.1) is 0 Å². The number of hydrogen-bond donors (Lipinski definition) is 1. The lowest BCUT2D eigenvalue weighted by molar-refractivity contribution is -0.141. The average molecular weight is 372 g/mol. The molecule has 1 aliphatic heterocycles. The molecule has 2 aliphatic rings. The Kier molecular flexibility index (Phi) is 5.53. The van der Waals surface area contributed by atoms with Crippen molar-refractivity contribution < 1.29 is 19.1 Å². The Hall–Kier alpha value is -2.37. The Labute approximate surface area is 160 Å². The molecule has 6 nitrogen and oxygen atoms in total. The number of hydrogen-bond acceptors (Lipinski definition) is 4. The quantitative estimate of drug-likeness (QED) is 0.806. The van der Waals surface area contributed by atoms with Crippen LogP contribution in [0.3, 0.4) is 0 Å². The summed E-state index contributed by atoms with van der Waals surface area (Å²) in [6.07, 6.45) is 3.59. The summed E-state index contributed by atoms with van der Waals surface area (Å²) in [6, 6.07) is 7.38. The van der Waals surface area contributed by atoms with Crippen molar-refractivity contribution in [1.29, 1.82) is 0 Å². The summed E-state index contributed by atoms with van der Waals surface area (Å²) < 4.78 is 4.65. The van der Waals surface area contributed by atoms with E-state index in [-0.39, 0.29) is 18.4 Å². The van der Waals surface area contributed by atoms with Crippen molar-refractivity contribution >= 4 is 17.8 Å². The topological polar surface area (TPSA) is 75.7 Å². The number of fused-ring (bicyclic) bond motifs is 1. The Morgan fingerprint density at radius 1 is 1.26 bits per heavy atom. The van der Waals surface area contributed by atoms with Gasteiger partial charge >= 0.3 is 5.97 Å². The third-order valence-electron chi connectivity index (χ3n) is 5.74. The van der Waals surface area contributed by atoms with Gasteiger partial charge in [-0.25, -0.2) is 0 Å². The van der Waals surface area contributed by atoms with Gasteiger partial charge in [0.1, 0.15) is 6.54 Å². The van der Waals surface area contributed by atoms with Crippen LogP contribution in [-0.4, -0.2) is 48.4 Å². The largest absolute Gasteiger partial charge is 0.468 e. The van der Waals surface area contributed by atoms with Gasteiger partial charge in [0.15, 0.2) is 0 Å². The molecule has 1 N–H and O–H groups in total. The number of benzene rings is 1. The second-order valence-corrected chi connectivity index (χ2v) is 7.93. The zero-order valence-electron chi connectivity index (χ0n) is 16.3. The number of nitrogens with one attached hydrogen (secondary N) is 1. The summed E-state index contributed by atoms with van der Waals surface area (Å²) in [7, 11) is 1.30. The van der Waals surface area contributed by atoms with Crippen LogP contribution in [0, 0.1) is 5.92 Å². The zero-order chi connectivity index (χ0) is 19.6. The van der Waals surface area contributed by atoms with Crippen molar-refractivity contribution in [2.24, 2.45) is 5.92 Å². The molecular formula is C21H28N2O4. The second-order valence-electron chi connectivity index (χ2n) is 7.93. The first kappa shape index (κ1) is 19.4. The normalized spacial score (nSPS) is 20.7. The minimum absolute atomic E-state index is 0.0122. The van der Waals surface area contributed by atoms with E-state index >= 15 is 0 Å². The molecule has 146 valence electrons. The molecule has 1 spiro atoms. The molecule has 6 heteroatoms. The number of carbonyl (C=O) groups excluding carboxylic acids is 3. The standard InChI is InChI=1S/C21H28N2O4/c1-14(2)13-23-20(26)16-9-5-4-8-15(16)18(21(23)10-6-7-11-21)19(25)22-12-17(24)27-3/h4-5,8-9,14,18H,6-7,10-13H2,1-3H3,(H,22,25)/t18-/m0/s1. The van der Waals surface area contributed by atoms with Crippen LogP contribution in [0.4, 0.5) is 0 Å². The smallest absolute Gasteiger partial charge is 0.325 e. The first-order valence-corrected chi connectivity index (χ1v) is 9.66. The predicted molar refractivity (Wildman–Crippen MR) is 101 cm³/mol. The van der Waals surface area contributed by atoms with E-state index in [1.807, 2.05) is 23.1 Å². The van der Waals surface area contributed by atoms with Crippen molar-refractivity contribution in [3.8, 4) is 0 Å². The zero-order valence-corrected chi connectivity index (χ0v) is 16.3. The lowest BCUT2D eigenvalue weighted by Gasteiger charge is -2.50. The lowest BCUT2D eigenvalue weighted by Crippen LogP contribution is -2.61. The molecule has 27 heavy (non-hydrogen) atoms. The van der Waals surface area contributed by atoms with Gasteiger partial charge < -0.3 is 15.0 Å². The maximum absolute atomic E-state index is 13.3. The van der Waals surface area contributed by atoms with E-state index in [0.29, 0.717) is 18.0 Å². The fourth-order valence-electron chi connectivity index (χ4n) is 4.63. The number of amides is 2. The van der Waals surface area contributed by atoms with E-state index < -0.39 is 17.4 Å². The molecule has 1 atom stereocenters. The van der Waals surface area contributed by atoms with E-state index in [1.54, 1.807) is 6.07 Å². The van der Waals surface area contributed by atoms with Crippen LogP contribution in [0.1, 0.15) is 61.4 Å². The van der Waals surface area contributed by atoms with Gasteiger partial charge in [0.25, 0.3) is 5.91 Å². The van der Waals surface area contributed by atoms with Crippen molar-refractivity contribution in [2.45, 2.75) is 51.0 Å². The van der Waals surface area contributed by atoms with Gasteiger partial charge in [-0.3, -0.25) is 14.4 Å². The minimum Gasteiger partial charge on any atom is -0.468 e. The molecule has 1 saturated carbocycles. The van der Waals surface area contributed by atoms with E-state index in [1.165, 1.54) is 7.11 Å². The maximum atomic E-state index is 13.3. The van der Waals surface area contributed by atoms with Crippen molar-refractivity contribution in [1.82, 2.24) is 10.2 Å². The molecule has 0 saturated heterocycles. The number of methoxy groups -OCH3 is 1. The van der Waals surface area contributed by atoms with Gasteiger partial charge in [-0.2, -0.15) is 0 Å². The molecule has 1 heterocycles. The lowest BCUT2D eigenvalue weighted by atomic mass is 9.70. The molecule has 1 aliphatic carbocycles. The minimum atomic E-state index is -0.518. The van der Waals surface area contributed by atoms with Crippen LogP contribution in [0.2, 0.25) is 0 Å². The van der Waals surface area contributed by atoms with Crippen molar-refractivity contribution in [3.63, 3.8) is 0 Å². The fraction of sp³-hybridized carbons (Fsp3) is 0.571. The molecule has 0 bridgehead atoms. The number of carbonyl (C=O) groups is 3. The molecule has 0 unspecified atom stereocenters. The first-order chi connectivity index (χ1) is 12.9. The van der Waals surface area contributed by atoms with Crippen LogP contribution >= 0.6 is 0 Å². The van der Waals surface area contributed by atoms with Crippen LogP contribution in [-0.2, 0) is 14.3 Å². The maximum Gasteiger partial charge on any atom is 0.325 e. The van der Waals surface area contributed by atoms with E-state index in [4.69, 9.17) is 0 Å². The number of rotatable bonds is 5. The summed E-state index contributed by atoms with van der Waals surface area (Å²) in [5.41, 5.74) is 0.844. The third kappa shape index (κ3) is 3.45. The van der Waals surface area contributed by atoms with Crippen molar-refractivity contribution in [2.75, 3.05) is 20.2 Å². The molecular weight excluding hydrogens is 344 g/mol. The highest BCUT2D eigenvalue weighted by atomic mass is 16.5. The Balaban J connectivity index is 2.06. The van der Waals surface area contributed by atoms with Gasteiger partial charge in [-0.1, -0.05) is 44.9 Å². The summed E-state index contributed by atoms with van der Waals surface area (Å²) >= 11 is 0. The van der Waals surface area contributed by atoms with Gasteiger partial charge in [-0.05, 0) is 30.4 Å². The SMILES string of the molecule is COC(=O)CNC(=O)[C@@H]1c2ccccc2C(=O)N(CC(C)C)C12CCCC2. The highest BCUT2D eigenvalue weighted by Gasteiger charge is 2.55. The molecule has 3 rings (SSSR count). The number of ether oxygens (including phenoxy) is 1. The molecule has 0 radical (unpaired) electrons. The molecule has 1 aromatic carbocycles. The van der Waals surface area contributed by atoms with E-state index in [9.17, 15) is 14.4 Å². The molecule has 1 aromatic rings. The number of esters is 1. The average Bonchev–Trinajstić information content (AvgIpc) is 3.13. The predicted octanol–water partition coefficient (Wildman–Crippen LogP) is 2.48.